The van der Waals surface area contributed by atoms with Crippen molar-refractivity contribution in [1.29, 1.82) is 0 Å². The third-order valence-electron chi connectivity index (χ3n) is 5.52. The van der Waals surface area contributed by atoms with Crippen molar-refractivity contribution < 1.29 is 23.4 Å². The van der Waals surface area contributed by atoms with Gasteiger partial charge in [0.05, 0.1) is 28.6 Å². The van der Waals surface area contributed by atoms with Crippen LogP contribution in [-0.4, -0.2) is 55.1 Å². The zero-order chi connectivity index (χ0) is 23.2. The van der Waals surface area contributed by atoms with E-state index in [1.54, 1.807) is 17.0 Å². The molecule has 1 N–H and O–H groups in total. The number of phenols is 1. The lowest BCUT2D eigenvalue weighted by Gasteiger charge is -2.26. The maximum atomic E-state index is 13.9. The van der Waals surface area contributed by atoms with Crippen LogP contribution in [0.25, 0.3) is 11.0 Å². The molecule has 9 heteroatoms. The summed E-state index contributed by atoms with van der Waals surface area (Å²) in [5, 5.41) is 10.3. The highest BCUT2D eigenvalue weighted by molar-refractivity contribution is 9.10. The minimum absolute atomic E-state index is 0.0490. The molecule has 32 heavy (non-hydrogen) atoms. The number of halogens is 2. The second-order valence-electron chi connectivity index (χ2n) is 7.93. The van der Waals surface area contributed by atoms with Gasteiger partial charge in [-0.15, -0.1) is 0 Å². The molecule has 1 aliphatic rings. The molecule has 2 heterocycles. The molecule has 1 aliphatic heterocycles. The number of phenolic OH excluding ortho intramolecular Hbond substituents is 1. The van der Waals surface area contributed by atoms with E-state index in [-0.39, 0.29) is 33.8 Å². The monoisotopic (exact) mass is 504 g/mol. The van der Waals surface area contributed by atoms with Crippen molar-refractivity contribution in [3.8, 4) is 11.5 Å². The number of ether oxygens (including phenoxy) is 1. The summed E-state index contributed by atoms with van der Waals surface area (Å²) in [5.41, 5.74) is 0.406. The zero-order valence-electron chi connectivity index (χ0n) is 17.8. The number of hydrogen-bond acceptors (Lipinski definition) is 6. The number of benzene rings is 2. The molecule has 1 amide bonds. The van der Waals surface area contributed by atoms with Crippen molar-refractivity contribution in [1.82, 2.24) is 9.80 Å². The molecular weight excluding hydrogens is 483 g/mol. The van der Waals surface area contributed by atoms with Crippen molar-refractivity contribution in [2.75, 3.05) is 34.3 Å². The van der Waals surface area contributed by atoms with Gasteiger partial charge < -0.3 is 24.1 Å². The van der Waals surface area contributed by atoms with E-state index in [0.717, 1.165) is 12.6 Å². The molecule has 168 valence electrons. The molecule has 0 radical (unpaired) electrons. The molecule has 7 nitrogen and oxygen atoms in total. The molecule has 1 aromatic heterocycles. The maximum absolute atomic E-state index is 13.9. The lowest BCUT2D eigenvalue weighted by molar-refractivity contribution is 0.0722. The summed E-state index contributed by atoms with van der Waals surface area (Å²) >= 11 is 3.31. The van der Waals surface area contributed by atoms with Gasteiger partial charge in [-0.05, 0) is 78.9 Å². The van der Waals surface area contributed by atoms with E-state index < -0.39 is 23.2 Å². The first-order valence-electron chi connectivity index (χ1n) is 10.0. The topological polar surface area (TPSA) is 83.2 Å². The van der Waals surface area contributed by atoms with Gasteiger partial charge in [0.15, 0.2) is 16.9 Å². The standard InChI is InChI=1S/C23H22BrFN2O5/c1-26(2)7-4-8-27-19(12-9-15(24)21(29)17(10-12)31-3)18-20(28)14-11-13(25)5-6-16(14)32-22(18)23(27)30/h5-6,9-11,19,29H,4,7-8H2,1-3H3. The van der Waals surface area contributed by atoms with Crippen molar-refractivity contribution >= 4 is 32.8 Å². The molecule has 4 rings (SSSR count). The third-order valence-corrected chi connectivity index (χ3v) is 6.12. The largest absolute Gasteiger partial charge is 0.503 e. The second-order valence-corrected chi connectivity index (χ2v) is 8.78. The van der Waals surface area contributed by atoms with Crippen LogP contribution in [0.2, 0.25) is 0 Å². The molecule has 0 bridgehead atoms. The highest BCUT2D eigenvalue weighted by Gasteiger charge is 2.43. The molecule has 1 atom stereocenters. The summed E-state index contributed by atoms with van der Waals surface area (Å²) in [6, 6.07) is 6.11. The van der Waals surface area contributed by atoms with E-state index in [0.29, 0.717) is 23.0 Å². The van der Waals surface area contributed by atoms with E-state index in [1.807, 2.05) is 19.0 Å². The number of amides is 1. The summed E-state index contributed by atoms with van der Waals surface area (Å²) < 4.78 is 25.3. The van der Waals surface area contributed by atoms with Crippen LogP contribution in [0.1, 0.15) is 34.1 Å². The average molecular weight is 505 g/mol. The Labute approximate surface area is 192 Å². The maximum Gasteiger partial charge on any atom is 0.290 e. The number of hydrogen-bond donors (Lipinski definition) is 1. The highest BCUT2D eigenvalue weighted by Crippen LogP contribution is 2.43. The van der Waals surface area contributed by atoms with Crippen molar-refractivity contribution in [3.63, 3.8) is 0 Å². The molecule has 0 aliphatic carbocycles. The number of carbonyl (C=O) groups is 1. The van der Waals surface area contributed by atoms with Gasteiger partial charge in [0.2, 0.25) is 5.76 Å². The molecule has 0 fully saturated rings. The van der Waals surface area contributed by atoms with Gasteiger partial charge in [0.1, 0.15) is 11.4 Å². The molecule has 1 unspecified atom stereocenters. The van der Waals surface area contributed by atoms with Gasteiger partial charge >= 0.3 is 0 Å². The summed E-state index contributed by atoms with van der Waals surface area (Å²) in [6.07, 6.45) is 0.669. The van der Waals surface area contributed by atoms with Crippen LogP contribution in [0.4, 0.5) is 4.39 Å². The smallest absolute Gasteiger partial charge is 0.290 e. The SMILES string of the molecule is COc1cc(C2c3c(oc4ccc(F)cc4c3=O)C(=O)N2CCCN(C)C)cc(Br)c1O. The fourth-order valence-corrected chi connectivity index (χ4v) is 4.49. The Morgan fingerprint density at radius 1 is 1.25 bits per heavy atom. The molecular formula is C23H22BrFN2O5. The average Bonchev–Trinajstić information content (AvgIpc) is 3.02. The van der Waals surface area contributed by atoms with Crippen molar-refractivity contribution in [2.45, 2.75) is 12.5 Å². The van der Waals surface area contributed by atoms with Crippen LogP contribution in [0, 0.1) is 5.82 Å². The van der Waals surface area contributed by atoms with Crippen LogP contribution in [-0.2, 0) is 0 Å². The quantitative estimate of drug-likeness (QED) is 0.547. The van der Waals surface area contributed by atoms with E-state index in [2.05, 4.69) is 15.9 Å². The van der Waals surface area contributed by atoms with Crippen LogP contribution >= 0.6 is 15.9 Å². The zero-order valence-corrected chi connectivity index (χ0v) is 19.4. The van der Waals surface area contributed by atoms with Crippen molar-refractivity contribution in [2.24, 2.45) is 0 Å². The molecule has 0 spiro atoms. The Kier molecular flexibility index (Phi) is 5.96. The molecule has 3 aromatic rings. The molecule has 2 aromatic carbocycles. The first-order valence-corrected chi connectivity index (χ1v) is 10.8. The first-order chi connectivity index (χ1) is 15.2. The predicted molar refractivity (Wildman–Crippen MR) is 121 cm³/mol. The van der Waals surface area contributed by atoms with Crippen LogP contribution in [0.3, 0.4) is 0 Å². The Morgan fingerprint density at radius 2 is 2.00 bits per heavy atom. The fourth-order valence-electron chi connectivity index (χ4n) is 4.03. The van der Waals surface area contributed by atoms with Gasteiger partial charge in [0.25, 0.3) is 5.91 Å². The van der Waals surface area contributed by atoms with Gasteiger partial charge in [-0.3, -0.25) is 9.59 Å². The predicted octanol–water partition coefficient (Wildman–Crippen LogP) is 3.91. The highest BCUT2D eigenvalue weighted by atomic mass is 79.9. The van der Waals surface area contributed by atoms with Crippen LogP contribution in [0.5, 0.6) is 11.5 Å². The summed E-state index contributed by atoms with van der Waals surface area (Å²) in [6.45, 7) is 1.11. The summed E-state index contributed by atoms with van der Waals surface area (Å²) in [4.78, 5) is 30.3. The Bertz CT molecular complexity index is 1270. The van der Waals surface area contributed by atoms with E-state index in [1.165, 1.54) is 19.2 Å². The normalized spacial score (nSPS) is 15.6. The Morgan fingerprint density at radius 3 is 2.69 bits per heavy atom. The van der Waals surface area contributed by atoms with Crippen LogP contribution in [0.15, 0.2) is 44.0 Å². The van der Waals surface area contributed by atoms with Gasteiger partial charge in [-0.25, -0.2) is 4.39 Å². The Hall–Kier alpha value is -2.91. The van der Waals surface area contributed by atoms with Gasteiger partial charge in [-0.2, -0.15) is 0 Å². The number of nitrogens with zero attached hydrogens (tertiary/aromatic N) is 2. The lowest BCUT2D eigenvalue weighted by Crippen LogP contribution is -2.32. The van der Waals surface area contributed by atoms with Crippen molar-refractivity contribution in [3.05, 3.63) is 67.7 Å². The van der Waals surface area contributed by atoms with Crippen LogP contribution < -0.4 is 10.2 Å². The van der Waals surface area contributed by atoms with E-state index >= 15 is 0 Å². The lowest BCUT2D eigenvalue weighted by atomic mass is 9.98. The van der Waals surface area contributed by atoms with Gasteiger partial charge in [-0.1, -0.05) is 0 Å². The number of rotatable bonds is 6. The Balaban J connectivity index is 1.93. The number of aromatic hydroxyl groups is 1. The minimum atomic E-state index is -0.769. The summed E-state index contributed by atoms with van der Waals surface area (Å²) in [5.74, 6) is -0.919. The minimum Gasteiger partial charge on any atom is -0.503 e. The van der Waals surface area contributed by atoms with Gasteiger partial charge in [0, 0.05) is 6.54 Å². The molecule has 0 saturated carbocycles. The van der Waals surface area contributed by atoms with E-state index in [4.69, 9.17) is 9.15 Å². The fraction of sp³-hybridized carbons (Fsp3) is 0.304. The second kappa shape index (κ2) is 8.55. The third kappa shape index (κ3) is 3.75. The summed E-state index contributed by atoms with van der Waals surface area (Å²) in [7, 11) is 5.29. The number of carbonyl (C=O) groups excluding carboxylic acids is 1. The molecule has 0 saturated heterocycles. The first kappa shape index (κ1) is 22.3. The number of fused-ring (bicyclic) bond motifs is 2. The van der Waals surface area contributed by atoms with E-state index in [9.17, 15) is 19.1 Å². The number of methoxy groups -OCH3 is 1.